The molecule has 110 valence electrons. The van der Waals surface area contributed by atoms with Gasteiger partial charge in [-0.3, -0.25) is 4.79 Å². The SMILES string of the molecule is CCCC1CCC(C(=O)Cc2ccc(Br)cc2Cl)CC1. The van der Waals surface area contributed by atoms with Crippen LogP contribution in [0.5, 0.6) is 0 Å². The van der Waals surface area contributed by atoms with Crippen molar-refractivity contribution in [1.29, 1.82) is 0 Å². The van der Waals surface area contributed by atoms with E-state index >= 15 is 0 Å². The van der Waals surface area contributed by atoms with E-state index in [0.29, 0.717) is 17.2 Å². The number of Topliss-reactive ketones (excluding diaryl/α,β-unsaturated/α-hetero) is 1. The first-order chi connectivity index (χ1) is 9.60. The van der Waals surface area contributed by atoms with Crippen LogP contribution in [0.25, 0.3) is 0 Å². The lowest BCUT2D eigenvalue weighted by molar-refractivity contribution is -0.123. The summed E-state index contributed by atoms with van der Waals surface area (Å²) in [5, 5.41) is 0.687. The van der Waals surface area contributed by atoms with Crippen molar-refractivity contribution in [1.82, 2.24) is 0 Å². The standard InChI is InChI=1S/C17H22BrClO/c1-2-3-12-4-6-13(7-5-12)17(20)10-14-8-9-15(18)11-16(14)19/h8-9,11-13H,2-7,10H2,1H3. The van der Waals surface area contributed by atoms with Crippen LogP contribution in [0, 0.1) is 11.8 Å². The highest BCUT2D eigenvalue weighted by molar-refractivity contribution is 9.10. The van der Waals surface area contributed by atoms with E-state index in [0.717, 1.165) is 28.8 Å². The van der Waals surface area contributed by atoms with Crippen LogP contribution in [-0.2, 0) is 11.2 Å². The lowest BCUT2D eigenvalue weighted by Gasteiger charge is -2.27. The van der Waals surface area contributed by atoms with Crippen molar-refractivity contribution in [2.75, 3.05) is 0 Å². The molecule has 0 radical (unpaired) electrons. The Morgan fingerprint density at radius 2 is 2.00 bits per heavy atom. The normalized spacial score (nSPS) is 22.8. The van der Waals surface area contributed by atoms with Gasteiger partial charge in [0.2, 0.25) is 0 Å². The number of carbonyl (C=O) groups excluding carboxylic acids is 1. The van der Waals surface area contributed by atoms with Crippen LogP contribution in [0.15, 0.2) is 22.7 Å². The number of ketones is 1. The summed E-state index contributed by atoms with van der Waals surface area (Å²) in [4.78, 5) is 12.4. The number of rotatable bonds is 5. The Balaban J connectivity index is 1.89. The molecule has 0 amide bonds. The Hall–Kier alpha value is -0.340. The summed E-state index contributed by atoms with van der Waals surface area (Å²) in [6.45, 7) is 2.24. The van der Waals surface area contributed by atoms with Crippen molar-refractivity contribution in [2.24, 2.45) is 11.8 Å². The lowest BCUT2D eigenvalue weighted by Crippen LogP contribution is -2.23. The molecule has 0 N–H and O–H groups in total. The number of carbonyl (C=O) groups is 1. The van der Waals surface area contributed by atoms with E-state index in [1.807, 2.05) is 18.2 Å². The molecular formula is C17H22BrClO. The fourth-order valence-electron chi connectivity index (χ4n) is 3.18. The van der Waals surface area contributed by atoms with Crippen LogP contribution < -0.4 is 0 Å². The van der Waals surface area contributed by atoms with Gasteiger partial charge in [-0.2, -0.15) is 0 Å². The molecule has 0 unspecified atom stereocenters. The average Bonchev–Trinajstić information content (AvgIpc) is 2.43. The molecule has 1 aliphatic carbocycles. The summed E-state index contributed by atoms with van der Waals surface area (Å²) in [5.74, 6) is 1.47. The minimum absolute atomic E-state index is 0.253. The monoisotopic (exact) mass is 356 g/mol. The highest BCUT2D eigenvalue weighted by atomic mass is 79.9. The molecular weight excluding hydrogens is 336 g/mol. The number of benzene rings is 1. The molecule has 0 heterocycles. The van der Waals surface area contributed by atoms with Gasteiger partial charge in [0.25, 0.3) is 0 Å². The van der Waals surface area contributed by atoms with Gasteiger partial charge in [-0.1, -0.05) is 53.4 Å². The Bertz CT molecular complexity index is 464. The number of hydrogen-bond acceptors (Lipinski definition) is 1. The molecule has 1 aliphatic rings. The molecule has 0 atom stereocenters. The first kappa shape index (κ1) is 16.0. The van der Waals surface area contributed by atoms with Crippen LogP contribution >= 0.6 is 27.5 Å². The van der Waals surface area contributed by atoms with Crippen LogP contribution in [0.3, 0.4) is 0 Å². The second kappa shape index (κ2) is 7.61. The predicted octanol–water partition coefficient (Wildman–Crippen LogP) is 5.82. The van der Waals surface area contributed by atoms with Crippen LogP contribution in [0.2, 0.25) is 5.02 Å². The van der Waals surface area contributed by atoms with E-state index in [9.17, 15) is 4.79 Å². The first-order valence-corrected chi connectivity index (χ1v) is 8.74. The minimum atomic E-state index is 0.253. The predicted molar refractivity (Wildman–Crippen MR) is 88.2 cm³/mol. The molecule has 1 nitrogen and oxygen atoms in total. The smallest absolute Gasteiger partial charge is 0.140 e. The Morgan fingerprint density at radius 1 is 1.30 bits per heavy atom. The average molecular weight is 358 g/mol. The van der Waals surface area contributed by atoms with Crippen LogP contribution in [0.4, 0.5) is 0 Å². The molecule has 0 spiro atoms. The maximum absolute atomic E-state index is 12.4. The van der Waals surface area contributed by atoms with Gasteiger partial charge in [0, 0.05) is 21.8 Å². The van der Waals surface area contributed by atoms with E-state index in [1.165, 1.54) is 25.7 Å². The Morgan fingerprint density at radius 3 is 2.60 bits per heavy atom. The van der Waals surface area contributed by atoms with Crippen molar-refractivity contribution in [3.05, 3.63) is 33.3 Å². The zero-order valence-electron chi connectivity index (χ0n) is 12.0. The molecule has 1 saturated carbocycles. The third-order valence-electron chi connectivity index (χ3n) is 4.38. The molecule has 3 heteroatoms. The second-order valence-electron chi connectivity index (χ2n) is 5.89. The molecule has 1 fully saturated rings. The van der Waals surface area contributed by atoms with E-state index < -0.39 is 0 Å². The molecule has 0 aliphatic heterocycles. The zero-order valence-corrected chi connectivity index (χ0v) is 14.3. The molecule has 20 heavy (non-hydrogen) atoms. The van der Waals surface area contributed by atoms with Crippen molar-refractivity contribution >= 4 is 33.3 Å². The first-order valence-electron chi connectivity index (χ1n) is 7.56. The van der Waals surface area contributed by atoms with Gasteiger partial charge in [-0.25, -0.2) is 0 Å². The fourth-order valence-corrected chi connectivity index (χ4v) is 3.92. The van der Waals surface area contributed by atoms with Crippen molar-refractivity contribution in [3.8, 4) is 0 Å². The maximum Gasteiger partial charge on any atom is 0.140 e. The lowest BCUT2D eigenvalue weighted by atomic mass is 9.77. The summed E-state index contributed by atoms with van der Waals surface area (Å²) < 4.78 is 0.957. The van der Waals surface area contributed by atoms with Crippen LogP contribution in [0.1, 0.15) is 51.0 Å². The van der Waals surface area contributed by atoms with Gasteiger partial charge in [-0.05, 0) is 49.3 Å². The number of hydrogen-bond donors (Lipinski definition) is 0. The maximum atomic E-state index is 12.4. The van der Waals surface area contributed by atoms with Crippen molar-refractivity contribution in [2.45, 2.75) is 51.9 Å². The molecule has 0 saturated heterocycles. The van der Waals surface area contributed by atoms with Crippen LogP contribution in [-0.4, -0.2) is 5.78 Å². The highest BCUT2D eigenvalue weighted by Crippen LogP contribution is 2.33. The highest BCUT2D eigenvalue weighted by Gasteiger charge is 2.26. The van der Waals surface area contributed by atoms with Gasteiger partial charge in [-0.15, -0.1) is 0 Å². The van der Waals surface area contributed by atoms with Gasteiger partial charge < -0.3 is 0 Å². The van der Waals surface area contributed by atoms with Crippen molar-refractivity contribution in [3.63, 3.8) is 0 Å². The largest absolute Gasteiger partial charge is 0.299 e. The zero-order chi connectivity index (χ0) is 14.5. The topological polar surface area (TPSA) is 17.1 Å². The molecule has 0 bridgehead atoms. The molecule has 1 aromatic carbocycles. The van der Waals surface area contributed by atoms with Gasteiger partial charge in [0.15, 0.2) is 0 Å². The Kier molecular flexibility index (Phi) is 6.10. The summed E-state index contributed by atoms with van der Waals surface area (Å²) in [6, 6.07) is 5.77. The second-order valence-corrected chi connectivity index (χ2v) is 7.21. The van der Waals surface area contributed by atoms with Gasteiger partial charge in [0.1, 0.15) is 5.78 Å². The Labute approximate surface area is 135 Å². The van der Waals surface area contributed by atoms with Gasteiger partial charge in [0.05, 0.1) is 0 Å². The third-order valence-corrected chi connectivity index (χ3v) is 5.22. The van der Waals surface area contributed by atoms with E-state index in [2.05, 4.69) is 22.9 Å². The molecule has 1 aromatic rings. The van der Waals surface area contributed by atoms with E-state index in [-0.39, 0.29) is 5.92 Å². The minimum Gasteiger partial charge on any atom is -0.299 e. The third kappa shape index (κ3) is 4.33. The summed E-state index contributed by atoms with van der Waals surface area (Å²) in [6.07, 6.45) is 7.64. The molecule has 0 aromatic heterocycles. The molecule has 2 rings (SSSR count). The van der Waals surface area contributed by atoms with Crippen molar-refractivity contribution < 1.29 is 4.79 Å². The summed E-state index contributed by atoms with van der Waals surface area (Å²) in [7, 11) is 0. The summed E-state index contributed by atoms with van der Waals surface area (Å²) >= 11 is 9.59. The number of halogens is 2. The summed E-state index contributed by atoms with van der Waals surface area (Å²) in [5.41, 5.74) is 0.954. The van der Waals surface area contributed by atoms with E-state index in [4.69, 9.17) is 11.6 Å². The fraction of sp³-hybridized carbons (Fsp3) is 0.588. The van der Waals surface area contributed by atoms with E-state index in [1.54, 1.807) is 0 Å². The quantitative estimate of drug-likeness (QED) is 0.649. The van der Waals surface area contributed by atoms with Gasteiger partial charge >= 0.3 is 0 Å².